The van der Waals surface area contributed by atoms with Crippen molar-refractivity contribution < 1.29 is 0 Å². The lowest BCUT2D eigenvalue weighted by molar-refractivity contribution is 0.247. The maximum absolute atomic E-state index is 3.50. The second-order valence-electron chi connectivity index (χ2n) is 5.79. The molecular weight excluding hydrogens is 196 g/mol. The van der Waals surface area contributed by atoms with Crippen LogP contribution in [-0.2, 0) is 0 Å². The third kappa shape index (κ3) is 2.98. The summed E-state index contributed by atoms with van der Waals surface area (Å²) >= 11 is 0. The summed E-state index contributed by atoms with van der Waals surface area (Å²) in [6.07, 6.45) is 8.53. The highest BCUT2D eigenvalue weighted by Gasteiger charge is 2.30. The molecule has 1 aliphatic heterocycles. The summed E-state index contributed by atoms with van der Waals surface area (Å²) in [5.74, 6) is 1.92. The number of hydrogen-bond donors (Lipinski definition) is 1. The van der Waals surface area contributed by atoms with E-state index in [1.54, 1.807) is 0 Å². The maximum atomic E-state index is 3.50. The van der Waals surface area contributed by atoms with Crippen molar-refractivity contribution in [3.8, 4) is 0 Å². The summed E-state index contributed by atoms with van der Waals surface area (Å²) in [5.41, 5.74) is 0. The average Bonchev–Trinajstić information content (AvgIpc) is 2.89. The van der Waals surface area contributed by atoms with Gasteiger partial charge in [0.25, 0.3) is 0 Å². The lowest BCUT2D eigenvalue weighted by atomic mass is 10.0. The first-order valence-electron chi connectivity index (χ1n) is 7.23. The van der Waals surface area contributed by atoms with E-state index in [-0.39, 0.29) is 0 Å². The minimum atomic E-state index is 0.797. The van der Waals surface area contributed by atoms with Gasteiger partial charge in [-0.05, 0) is 51.1 Å². The molecule has 3 atom stereocenters. The van der Waals surface area contributed by atoms with E-state index < -0.39 is 0 Å². The molecule has 2 aliphatic rings. The first-order chi connectivity index (χ1) is 7.83. The summed E-state index contributed by atoms with van der Waals surface area (Å²) in [5, 5.41) is 3.50. The van der Waals surface area contributed by atoms with Crippen LogP contribution in [0.2, 0.25) is 0 Å². The molecule has 0 radical (unpaired) electrons. The lowest BCUT2D eigenvalue weighted by Crippen LogP contribution is -2.37. The van der Waals surface area contributed by atoms with Gasteiger partial charge in [0.05, 0.1) is 0 Å². The third-order valence-electron chi connectivity index (χ3n) is 4.59. The average molecular weight is 224 g/mol. The van der Waals surface area contributed by atoms with Crippen LogP contribution in [0.15, 0.2) is 0 Å². The van der Waals surface area contributed by atoms with Crippen LogP contribution in [0.4, 0.5) is 0 Å². The van der Waals surface area contributed by atoms with E-state index in [9.17, 15) is 0 Å². The summed E-state index contributed by atoms with van der Waals surface area (Å²) in [6, 6.07) is 0.797. The third-order valence-corrected chi connectivity index (χ3v) is 4.59. The molecule has 2 heteroatoms. The predicted molar refractivity (Wildman–Crippen MR) is 69.6 cm³/mol. The van der Waals surface area contributed by atoms with E-state index in [1.165, 1.54) is 58.2 Å². The van der Waals surface area contributed by atoms with Gasteiger partial charge >= 0.3 is 0 Å². The number of nitrogens with zero attached hydrogens (tertiary/aromatic N) is 1. The van der Waals surface area contributed by atoms with Crippen molar-refractivity contribution in [1.29, 1.82) is 0 Å². The van der Waals surface area contributed by atoms with E-state index >= 15 is 0 Å². The molecule has 1 heterocycles. The van der Waals surface area contributed by atoms with Gasteiger partial charge < -0.3 is 10.2 Å². The zero-order chi connectivity index (χ0) is 11.4. The van der Waals surface area contributed by atoms with Gasteiger partial charge in [-0.2, -0.15) is 0 Å². The quantitative estimate of drug-likeness (QED) is 0.772. The Kier molecular flexibility index (Phi) is 4.66. The zero-order valence-corrected chi connectivity index (χ0v) is 11.0. The van der Waals surface area contributed by atoms with E-state index in [1.807, 2.05) is 0 Å². The van der Waals surface area contributed by atoms with Crippen LogP contribution in [-0.4, -0.2) is 37.6 Å². The summed E-state index contributed by atoms with van der Waals surface area (Å²) in [7, 11) is 2.13. The van der Waals surface area contributed by atoms with E-state index in [0.717, 1.165) is 17.9 Å². The molecule has 1 aliphatic carbocycles. The fourth-order valence-corrected chi connectivity index (χ4v) is 3.69. The van der Waals surface area contributed by atoms with Crippen molar-refractivity contribution in [2.75, 3.05) is 26.7 Å². The fraction of sp³-hybridized carbons (Fsp3) is 1.00. The molecule has 3 unspecified atom stereocenters. The Bertz CT molecular complexity index is 205. The standard InChI is InChI=1S/C14H28N2/c1-3-5-12-8-9-16(10-12)11-13-6-4-7-14(13)15-2/h12-15H,3-11H2,1-2H3. The predicted octanol–water partition coefficient (Wildman–Crippen LogP) is 2.50. The first-order valence-corrected chi connectivity index (χ1v) is 7.23. The van der Waals surface area contributed by atoms with Crippen molar-refractivity contribution in [2.45, 2.75) is 51.5 Å². The molecule has 1 saturated carbocycles. The molecule has 0 aromatic rings. The highest BCUT2D eigenvalue weighted by Crippen LogP contribution is 2.29. The van der Waals surface area contributed by atoms with Crippen LogP contribution in [0, 0.1) is 11.8 Å². The molecule has 16 heavy (non-hydrogen) atoms. The van der Waals surface area contributed by atoms with Crippen molar-refractivity contribution >= 4 is 0 Å². The molecule has 1 N–H and O–H groups in total. The summed E-state index contributed by atoms with van der Waals surface area (Å²) in [4.78, 5) is 2.72. The van der Waals surface area contributed by atoms with Crippen LogP contribution in [0.3, 0.4) is 0 Å². The SMILES string of the molecule is CCCC1CCN(CC2CCCC2NC)C1. The molecule has 94 valence electrons. The zero-order valence-electron chi connectivity index (χ0n) is 11.0. The van der Waals surface area contributed by atoms with Crippen LogP contribution < -0.4 is 5.32 Å². The molecule has 1 saturated heterocycles. The first kappa shape index (κ1) is 12.4. The molecule has 0 bridgehead atoms. The second-order valence-corrected chi connectivity index (χ2v) is 5.79. The van der Waals surface area contributed by atoms with Crippen molar-refractivity contribution in [1.82, 2.24) is 10.2 Å². The Hall–Kier alpha value is -0.0800. The number of nitrogens with one attached hydrogen (secondary N) is 1. The van der Waals surface area contributed by atoms with E-state index in [2.05, 4.69) is 24.2 Å². The molecule has 0 aromatic heterocycles. The van der Waals surface area contributed by atoms with Crippen LogP contribution in [0.25, 0.3) is 0 Å². The number of likely N-dealkylation sites (tertiary alicyclic amines) is 1. The van der Waals surface area contributed by atoms with Crippen molar-refractivity contribution in [3.63, 3.8) is 0 Å². The summed E-state index contributed by atoms with van der Waals surface area (Å²) < 4.78 is 0. The minimum Gasteiger partial charge on any atom is -0.317 e. The van der Waals surface area contributed by atoms with Crippen LogP contribution in [0.1, 0.15) is 45.4 Å². The normalized spacial score (nSPS) is 36.0. The van der Waals surface area contributed by atoms with Gasteiger partial charge in [-0.25, -0.2) is 0 Å². The number of hydrogen-bond acceptors (Lipinski definition) is 2. The topological polar surface area (TPSA) is 15.3 Å². The highest BCUT2D eigenvalue weighted by atomic mass is 15.2. The van der Waals surface area contributed by atoms with Crippen LogP contribution in [0.5, 0.6) is 0 Å². The molecule has 2 rings (SSSR count). The Balaban J connectivity index is 1.74. The van der Waals surface area contributed by atoms with E-state index in [0.29, 0.717) is 0 Å². The Morgan fingerprint density at radius 1 is 1.25 bits per heavy atom. The summed E-state index contributed by atoms with van der Waals surface area (Å²) in [6.45, 7) is 6.40. The lowest BCUT2D eigenvalue weighted by Gasteiger charge is -2.25. The van der Waals surface area contributed by atoms with Gasteiger partial charge in [0, 0.05) is 19.1 Å². The monoisotopic (exact) mass is 224 g/mol. The smallest absolute Gasteiger partial charge is 0.0104 e. The van der Waals surface area contributed by atoms with Gasteiger partial charge in [0.1, 0.15) is 0 Å². The second kappa shape index (κ2) is 6.02. The molecule has 2 fully saturated rings. The Labute approximate surface area is 101 Å². The fourth-order valence-electron chi connectivity index (χ4n) is 3.69. The van der Waals surface area contributed by atoms with Gasteiger partial charge in [-0.3, -0.25) is 0 Å². The largest absolute Gasteiger partial charge is 0.317 e. The van der Waals surface area contributed by atoms with Gasteiger partial charge in [0.15, 0.2) is 0 Å². The highest BCUT2D eigenvalue weighted by molar-refractivity contribution is 4.86. The van der Waals surface area contributed by atoms with Crippen LogP contribution >= 0.6 is 0 Å². The molecule has 0 amide bonds. The Morgan fingerprint density at radius 3 is 2.88 bits per heavy atom. The van der Waals surface area contributed by atoms with Gasteiger partial charge in [0.2, 0.25) is 0 Å². The number of rotatable bonds is 5. The molecule has 0 spiro atoms. The molecular formula is C14H28N2. The van der Waals surface area contributed by atoms with Gasteiger partial charge in [-0.15, -0.1) is 0 Å². The van der Waals surface area contributed by atoms with Gasteiger partial charge in [-0.1, -0.05) is 19.8 Å². The molecule has 0 aromatic carbocycles. The van der Waals surface area contributed by atoms with Crippen molar-refractivity contribution in [3.05, 3.63) is 0 Å². The van der Waals surface area contributed by atoms with E-state index in [4.69, 9.17) is 0 Å². The molecule has 2 nitrogen and oxygen atoms in total. The maximum Gasteiger partial charge on any atom is 0.0104 e. The minimum absolute atomic E-state index is 0.797. The van der Waals surface area contributed by atoms with Crippen molar-refractivity contribution in [2.24, 2.45) is 11.8 Å². The Morgan fingerprint density at radius 2 is 2.12 bits per heavy atom.